The number of rotatable bonds is 6. The predicted molar refractivity (Wildman–Crippen MR) is 112 cm³/mol. The SMILES string of the molecule is NC(=O)c1cccc2c(N[C@H](CN3CCC3)c3cc(F)c(Cl)c(Cl)c3)ncnc12. The molecule has 1 saturated heterocycles. The fraction of sp³-hybridized carbons (Fsp3) is 0.250. The van der Waals surface area contributed by atoms with E-state index in [1.54, 1.807) is 24.3 Å². The van der Waals surface area contributed by atoms with E-state index in [0.29, 0.717) is 34.4 Å². The minimum absolute atomic E-state index is 0.100. The van der Waals surface area contributed by atoms with Gasteiger partial charge in [0.05, 0.1) is 27.2 Å². The first-order valence-electron chi connectivity index (χ1n) is 9.11. The Morgan fingerprint density at radius 2 is 2.07 bits per heavy atom. The Morgan fingerprint density at radius 1 is 1.28 bits per heavy atom. The lowest BCUT2D eigenvalue weighted by atomic mass is 10.0. The van der Waals surface area contributed by atoms with Crippen LogP contribution in [-0.4, -0.2) is 40.4 Å². The number of nitrogens with zero attached hydrogens (tertiary/aromatic N) is 3. The molecule has 0 aliphatic carbocycles. The number of fused-ring (bicyclic) bond motifs is 1. The molecule has 4 rings (SSSR count). The van der Waals surface area contributed by atoms with Gasteiger partial charge in [-0.2, -0.15) is 0 Å². The van der Waals surface area contributed by atoms with Crippen molar-refractivity contribution in [3.05, 3.63) is 63.6 Å². The number of carbonyl (C=O) groups is 1. The van der Waals surface area contributed by atoms with Gasteiger partial charge in [-0.05, 0) is 49.3 Å². The maximum Gasteiger partial charge on any atom is 0.250 e. The summed E-state index contributed by atoms with van der Waals surface area (Å²) in [5.41, 5.74) is 6.89. The van der Waals surface area contributed by atoms with Gasteiger partial charge in [-0.15, -0.1) is 0 Å². The van der Waals surface area contributed by atoms with E-state index in [0.717, 1.165) is 19.5 Å². The van der Waals surface area contributed by atoms with Crippen LogP contribution in [-0.2, 0) is 0 Å². The molecular weight excluding hydrogens is 416 g/mol. The Bertz CT molecular complexity index is 1070. The zero-order valence-electron chi connectivity index (χ0n) is 15.3. The van der Waals surface area contributed by atoms with E-state index in [1.807, 2.05) is 0 Å². The molecule has 9 heteroatoms. The van der Waals surface area contributed by atoms with Crippen molar-refractivity contribution in [3.8, 4) is 0 Å². The van der Waals surface area contributed by atoms with E-state index in [1.165, 1.54) is 12.4 Å². The quantitative estimate of drug-likeness (QED) is 0.573. The van der Waals surface area contributed by atoms with E-state index in [2.05, 4.69) is 20.2 Å². The lowest BCUT2D eigenvalue weighted by Gasteiger charge is -2.35. The largest absolute Gasteiger partial charge is 0.366 e. The maximum atomic E-state index is 14.2. The molecule has 1 amide bonds. The maximum absolute atomic E-state index is 14.2. The van der Waals surface area contributed by atoms with E-state index >= 15 is 0 Å². The highest BCUT2D eigenvalue weighted by Crippen LogP contribution is 2.32. The standard InChI is InChI=1S/C20H18Cl2FN5O/c21-14-7-11(8-15(23)17(14)22)16(9-28-5-2-6-28)27-20-13-4-1-3-12(19(24)29)18(13)25-10-26-20/h1,3-4,7-8,10,16H,2,5-6,9H2,(H2,24,29)(H,25,26,27)/t16-/m1/s1. The summed E-state index contributed by atoms with van der Waals surface area (Å²) >= 11 is 12.0. The van der Waals surface area contributed by atoms with Crippen LogP contribution in [0.25, 0.3) is 10.9 Å². The summed E-state index contributed by atoms with van der Waals surface area (Å²) < 4.78 is 14.2. The Hall–Kier alpha value is -2.48. The molecule has 2 aromatic carbocycles. The lowest BCUT2D eigenvalue weighted by Crippen LogP contribution is -2.41. The number of benzene rings is 2. The molecule has 0 saturated carbocycles. The van der Waals surface area contributed by atoms with Gasteiger partial charge in [-0.3, -0.25) is 4.79 Å². The normalized spacial score (nSPS) is 15.1. The zero-order valence-corrected chi connectivity index (χ0v) is 16.8. The molecule has 0 radical (unpaired) electrons. The smallest absolute Gasteiger partial charge is 0.250 e. The van der Waals surface area contributed by atoms with Gasteiger partial charge < -0.3 is 16.0 Å². The topological polar surface area (TPSA) is 84.1 Å². The summed E-state index contributed by atoms with van der Waals surface area (Å²) in [6.45, 7) is 2.58. The predicted octanol–water partition coefficient (Wildman–Crippen LogP) is 4.03. The average molecular weight is 434 g/mol. The molecule has 3 aromatic rings. The highest BCUT2D eigenvalue weighted by molar-refractivity contribution is 6.42. The number of hydrogen-bond acceptors (Lipinski definition) is 5. The molecule has 1 aromatic heterocycles. The van der Waals surface area contributed by atoms with Gasteiger partial charge in [-0.25, -0.2) is 14.4 Å². The summed E-state index contributed by atoms with van der Waals surface area (Å²) in [7, 11) is 0. The number of amides is 1. The third-order valence-corrected chi connectivity index (χ3v) is 5.82. The first-order valence-corrected chi connectivity index (χ1v) is 9.86. The third-order valence-electron chi connectivity index (χ3n) is 5.04. The minimum atomic E-state index is -0.576. The van der Waals surface area contributed by atoms with E-state index < -0.39 is 11.7 Å². The number of para-hydroxylation sites is 1. The fourth-order valence-electron chi connectivity index (χ4n) is 3.40. The van der Waals surface area contributed by atoms with Gasteiger partial charge in [0, 0.05) is 11.9 Å². The Kier molecular flexibility index (Phi) is 5.54. The molecule has 0 unspecified atom stereocenters. The van der Waals surface area contributed by atoms with Crippen molar-refractivity contribution in [1.82, 2.24) is 14.9 Å². The zero-order chi connectivity index (χ0) is 20.5. The third kappa shape index (κ3) is 3.99. The number of hydrogen-bond donors (Lipinski definition) is 2. The van der Waals surface area contributed by atoms with Crippen molar-refractivity contribution in [1.29, 1.82) is 0 Å². The number of halogens is 3. The number of primary amides is 1. The molecule has 1 aliphatic heterocycles. The van der Waals surface area contributed by atoms with Crippen LogP contribution in [0.4, 0.5) is 10.2 Å². The molecule has 2 heterocycles. The van der Waals surface area contributed by atoms with Crippen molar-refractivity contribution in [2.24, 2.45) is 5.73 Å². The number of anilines is 1. The first-order chi connectivity index (χ1) is 13.9. The van der Waals surface area contributed by atoms with E-state index in [4.69, 9.17) is 28.9 Å². The average Bonchev–Trinajstić information content (AvgIpc) is 2.67. The highest BCUT2D eigenvalue weighted by atomic mass is 35.5. The Morgan fingerprint density at radius 3 is 2.72 bits per heavy atom. The Balaban J connectivity index is 1.75. The second kappa shape index (κ2) is 8.10. The van der Waals surface area contributed by atoms with Gasteiger partial charge >= 0.3 is 0 Å². The highest BCUT2D eigenvalue weighted by Gasteiger charge is 2.23. The molecule has 6 nitrogen and oxygen atoms in total. The van der Waals surface area contributed by atoms with Crippen LogP contribution in [0.3, 0.4) is 0 Å². The molecular formula is C20H18Cl2FN5O. The number of nitrogens with one attached hydrogen (secondary N) is 1. The number of aromatic nitrogens is 2. The van der Waals surface area contributed by atoms with Crippen LogP contribution in [0.2, 0.25) is 10.0 Å². The van der Waals surface area contributed by atoms with Crippen LogP contribution < -0.4 is 11.1 Å². The molecule has 1 aliphatic rings. The van der Waals surface area contributed by atoms with Crippen LogP contribution in [0.5, 0.6) is 0 Å². The monoisotopic (exact) mass is 433 g/mol. The van der Waals surface area contributed by atoms with Gasteiger partial charge in [0.1, 0.15) is 18.0 Å². The van der Waals surface area contributed by atoms with Crippen molar-refractivity contribution < 1.29 is 9.18 Å². The summed E-state index contributed by atoms with van der Waals surface area (Å²) in [5, 5.41) is 4.07. The van der Waals surface area contributed by atoms with E-state index in [9.17, 15) is 9.18 Å². The number of nitrogens with two attached hydrogens (primary N) is 1. The molecule has 0 spiro atoms. The van der Waals surface area contributed by atoms with E-state index in [-0.39, 0.29) is 16.1 Å². The van der Waals surface area contributed by atoms with Crippen molar-refractivity contribution in [2.45, 2.75) is 12.5 Å². The van der Waals surface area contributed by atoms with Gasteiger partial charge in [-0.1, -0.05) is 29.3 Å². The van der Waals surface area contributed by atoms with Crippen LogP contribution in [0, 0.1) is 5.82 Å². The second-order valence-electron chi connectivity index (χ2n) is 6.94. The van der Waals surface area contributed by atoms with Crippen molar-refractivity contribution in [3.63, 3.8) is 0 Å². The minimum Gasteiger partial charge on any atom is -0.366 e. The summed E-state index contributed by atoms with van der Waals surface area (Å²) in [6.07, 6.45) is 2.49. The summed E-state index contributed by atoms with van der Waals surface area (Å²) in [6, 6.07) is 7.88. The first kappa shape index (κ1) is 19.8. The molecule has 0 bridgehead atoms. The lowest BCUT2D eigenvalue weighted by molar-refractivity contribution is 0.100. The van der Waals surface area contributed by atoms with Crippen LogP contribution in [0.1, 0.15) is 28.4 Å². The fourth-order valence-corrected chi connectivity index (χ4v) is 3.73. The molecule has 150 valence electrons. The van der Waals surface area contributed by atoms with Gasteiger partial charge in [0.2, 0.25) is 0 Å². The molecule has 1 fully saturated rings. The molecule has 3 N–H and O–H groups in total. The Labute approximate surface area is 176 Å². The summed E-state index contributed by atoms with van der Waals surface area (Å²) in [5.74, 6) is -0.618. The van der Waals surface area contributed by atoms with Crippen LogP contribution in [0.15, 0.2) is 36.7 Å². The molecule has 29 heavy (non-hydrogen) atoms. The van der Waals surface area contributed by atoms with Crippen molar-refractivity contribution >= 4 is 45.8 Å². The van der Waals surface area contributed by atoms with Crippen molar-refractivity contribution in [2.75, 3.05) is 25.0 Å². The van der Waals surface area contributed by atoms with Gasteiger partial charge in [0.15, 0.2) is 0 Å². The molecule has 1 atom stereocenters. The number of likely N-dealkylation sites (tertiary alicyclic amines) is 1. The van der Waals surface area contributed by atoms with Gasteiger partial charge in [0.25, 0.3) is 5.91 Å². The number of carbonyl (C=O) groups excluding carboxylic acids is 1. The second-order valence-corrected chi connectivity index (χ2v) is 7.72. The summed E-state index contributed by atoms with van der Waals surface area (Å²) in [4.78, 5) is 22.5. The van der Waals surface area contributed by atoms with Crippen LogP contribution >= 0.6 is 23.2 Å².